The van der Waals surface area contributed by atoms with Gasteiger partial charge in [0, 0.05) is 6.42 Å². The first-order chi connectivity index (χ1) is 11.5. The molecule has 1 spiro atoms. The fourth-order valence-electron chi connectivity index (χ4n) is 3.36. The van der Waals surface area contributed by atoms with Crippen molar-refractivity contribution < 1.29 is 19.5 Å². The van der Waals surface area contributed by atoms with Crippen LogP contribution in [-0.2, 0) is 14.4 Å². The molecule has 1 saturated carbocycles. The maximum atomic E-state index is 12.6. The van der Waals surface area contributed by atoms with Crippen LogP contribution < -0.4 is 0 Å². The van der Waals surface area contributed by atoms with E-state index in [1.54, 1.807) is 0 Å². The average molecular weight is 356 g/mol. The van der Waals surface area contributed by atoms with Gasteiger partial charge in [-0.05, 0) is 32.1 Å². The van der Waals surface area contributed by atoms with E-state index >= 15 is 0 Å². The highest BCUT2D eigenvalue weighted by atomic mass is 35.5. The normalized spacial score (nSPS) is 21.4. The zero-order valence-corrected chi connectivity index (χ0v) is 15.0. The zero-order valence-electron chi connectivity index (χ0n) is 14.3. The smallest absolute Gasteiger partial charge is 0.344 e. The van der Waals surface area contributed by atoms with Crippen molar-refractivity contribution in [2.75, 3.05) is 6.61 Å². The number of hydrogen-bond donors (Lipinski definition) is 1. The first-order valence-corrected chi connectivity index (χ1v) is 9.03. The van der Waals surface area contributed by atoms with Crippen LogP contribution >= 0.6 is 11.6 Å². The van der Waals surface area contributed by atoms with Crippen molar-refractivity contribution in [2.24, 2.45) is 5.16 Å². The number of oxime groups is 1. The van der Waals surface area contributed by atoms with E-state index in [1.165, 1.54) is 0 Å². The van der Waals surface area contributed by atoms with E-state index in [1.807, 2.05) is 6.92 Å². The van der Waals surface area contributed by atoms with Crippen LogP contribution in [0.2, 0.25) is 0 Å². The van der Waals surface area contributed by atoms with Gasteiger partial charge in [-0.2, -0.15) is 0 Å². The second kappa shape index (κ2) is 8.56. The van der Waals surface area contributed by atoms with Gasteiger partial charge < -0.3 is 14.7 Å². The van der Waals surface area contributed by atoms with E-state index in [0.717, 1.165) is 44.9 Å². The Morgan fingerprint density at radius 1 is 1.38 bits per heavy atom. The molecular weight excluding hydrogens is 330 g/mol. The molecule has 0 bridgehead atoms. The van der Waals surface area contributed by atoms with Crippen LogP contribution in [0.4, 0.5) is 0 Å². The van der Waals surface area contributed by atoms with Crippen LogP contribution in [0.3, 0.4) is 0 Å². The summed E-state index contributed by atoms with van der Waals surface area (Å²) in [5.74, 6) is -0.435. The predicted octanol–water partition coefficient (Wildman–Crippen LogP) is 4.76. The van der Waals surface area contributed by atoms with Crippen molar-refractivity contribution in [3.8, 4) is 0 Å². The number of hydrogen-bond acceptors (Lipinski definition) is 5. The summed E-state index contributed by atoms with van der Waals surface area (Å²) in [4.78, 5) is 17.7. The number of ether oxygens (including phenoxy) is 1. The number of carbonyl (C=O) groups is 1. The SMILES string of the molecule is C=C(Cl)CON=C(CCC)C1=C(O)CC2(CCCCCC2)OC1=O. The lowest BCUT2D eigenvalue weighted by Crippen LogP contribution is -2.41. The third-order valence-electron chi connectivity index (χ3n) is 4.48. The van der Waals surface area contributed by atoms with E-state index in [0.29, 0.717) is 23.6 Å². The summed E-state index contributed by atoms with van der Waals surface area (Å²) in [7, 11) is 0. The van der Waals surface area contributed by atoms with Crippen LogP contribution in [0.25, 0.3) is 0 Å². The summed E-state index contributed by atoms with van der Waals surface area (Å²) < 4.78 is 5.80. The Labute approximate surface area is 148 Å². The highest BCUT2D eigenvalue weighted by Gasteiger charge is 2.43. The van der Waals surface area contributed by atoms with Gasteiger partial charge in [-0.3, -0.25) is 0 Å². The van der Waals surface area contributed by atoms with Crippen molar-refractivity contribution in [3.63, 3.8) is 0 Å². The van der Waals surface area contributed by atoms with Crippen molar-refractivity contribution >= 4 is 23.3 Å². The quantitative estimate of drug-likeness (QED) is 0.423. The summed E-state index contributed by atoms with van der Waals surface area (Å²) >= 11 is 5.65. The molecular formula is C18H26ClNO4. The highest BCUT2D eigenvalue weighted by molar-refractivity contribution is 6.29. The molecule has 1 heterocycles. The molecule has 1 fully saturated rings. The lowest BCUT2D eigenvalue weighted by Gasteiger charge is -2.36. The fraction of sp³-hybridized carbons (Fsp3) is 0.667. The molecule has 0 atom stereocenters. The van der Waals surface area contributed by atoms with Crippen molar-refractivity contribution in [1.82, 2.24) is 0 Å². The lowest BCUT2D eigenvalue weighted by molar-refractivity contribution is -0.159. The van der Waals surface area contributed by atoms with Gasteiger partial charge >= 0.3 is 5.97 Å². The van der Waals surface area contributed by atoms with Gasteiger partial charge in [0.05, 0.1) is 10.7 Å². The minimum Gasteiger partial charge on any atom is -0.511 e. The van der Waals surface area contributed by atoms with E-state index in [9.17, 15) is 9.90 Å². The van der Waals surface area contributed by atoms with Crippen LogP contribution in [0.1, 0.15) is 64.7 Å². The molecule has 2 rings (SSSR count). The molecule has 0 aromatic carbocycles. The monoisotopic (exact) mass is 355 g/mol. The van der Waals surface area contributed by atoms with E-state index in [4.69, 9.17) is 21.2 Å². The molecule has 1 N–H and O–H groups in total. The maximum absolute atomic E-state index is 12.6. The van der Waals surface area contributed by atoms with Gasteiger partial charge in [-0.15, -0.1) is 0 Å². The predicted molar refractivity (Wildman–Crippen MR) is 94.1 cm³/mol. The molecule has 1 aliphatic heterocycles. The molecule has 2 aliphatic rings. The Morgan fingerprint density at radius 3 is 2.58 bits per heavy atom. The number of esters is 1. The second-order valence-corrected chi connectivity index (χ2v) is 7.10. The van der Waals surface area contributed by atoms with E-state index < -0.39 is 11.6 Å². The average Bonchev–Trinajstić information content (AvgIpc) is 2.71. The number of aliphatic hydroxyl groups excluding tert-OH is 1. The number of nitrogens with zero attached hydrogens (tertiary/aromatic N) is 1. The Bertz CT molecular complexity index is 545. The molecule has 1 aliphatic carbocycles. The minimum absolute atomic E-state index is 0.0573. The molecule has 134 valence electrons. The van der Waals surface area contributed by atoms with Gasteiger partial charge in [0.15, 0.2) is 6.61 Å². The van der Waals surface area contributed by atoms with E-state index in [-0.39, 0.29) is 17.9 Å². The molecule has 0 aromatic rings. The van der Waals surface area contributed by atoms with Crippen molar-refractivity contribution in [2.45, 2.75) is 70.3 Å². The van der Waals surface area contributed by atoms with E-state index in [2.05, 4.69) is 11.7 Å². The lowest BCUT2D eigenvalue weighted by atomic mass is 9.85. The van der Waals surface area contributed by atoms with Crippen LogP contribution in [0, 0.1) is 0 Å². The molecule has 6 heteroatoms. The molecule has 0 radical (unpaired) electrons. The Balaban J connectivity index is 2.22. The van der Waals surface area contributed by atoms with Gasteiger partial charge in [-0.25, -0.2) is 4.79 Å². The Hall–Kier alpha value is -1.49. The van der Waals surface area contributed by atoms with Crippen LogP contribution in [0.5, 0.6) is 0 Å². The van der Waals surface area contributed by atoms with Crippen LogP contribution in [0.15, 0.2) is 28.1 Å². The summed E-state index contributed by atoms with van der Waals surface area (Å²) in [6.07, 6.45) is 7.58. The zero-order chi connectivity index (χ0) is 17.6. The standard InChI is InChI=1S/C18H26ClNO4/c1-3-8-14(20-23-12-13(2)19)16-15(21)11-18(24-17(16)22)9-6-4-5-7-10-18/h21H,2-12H2,1H3. The second-order valence-electron chi connectivity index (χ2n) is 6.56. The third-order valence-corrected chi connectivity index (χ3v) is 4.59. The minimum atomic E-state index is -0.552. The highest BCUT2D eigenvalue weighted by Crippen LogP contribution is 2.40. The van der Waals surface area contributed by atoms with Crippen molar-refractivity contribution in [1.29, 1.82) is 0 Å². The summed E-state index contributed by atoms with van der Waals surface area (Å²) in [5.41, 5.74) is -0.00247. The fourth-order valence-corrected chi connectivity index (χ4v) is 3.41. The van der Waals surface area contributed by atoms with Gasteiger partial charge in [0.1, 0.15) is 16.9 Å². The molecule has 24 heavy (non-hydrogen) atoms. The Morgan fingerprint density at radius 2 is 2.04 bits per heavy atom. The summed E-state index contributed by atoms with van der Waals surface area (Å²) in [6, 6.07) is 0. The molecule has 0 amide bonds. The number of halogens is 1. The first kappa shape index (κ1) is 18.8. The van der Waals surface area contributed by atoms with Gasteiger partial charge in [0.25, 0.3) is 0 Å². The Kier molecular flexibility index (Phi) is 6.72. The molecule has 5 nitrogen and oxygen atoms in total. The first-order valence-electron chi connectivity index (χ1n) is 8.65. The number of rotatable bonds is 6. The van der Waals surface area contributed by atoms with Crippen molar-refractivity contribution in [3.05, 3.63) is 22.9 Å². The summed E-state index contributed by atoms with van der Waals surface area (Å²) in [5, 5.41) is 14.9. The third kappa shape index (κ3) is 4.76. The topological polar surface area (TPSA) is 68.1 Å². The number of aliphatic hydroxyl groups is 1. The molecule has 0 saturated heterocycles. The molecule has 0 unspecified atom stereocenters. The molecule has 0 aromatic heterocycles. The number of carbonyl (C=O) groups excluding carboxylic acids is 1. The van der Waals surface area contributed by atoms with Crippen LogP contribution in [-0.4, -0.2) is 29.0 Å². The maximum Gasteiger partial charge on any atom is 0.344 e. The largest absolute Gasteiger partial charge is 0.511 e. The summed E-state index contributed by atoms with van der Waals surface area (Å²) in [6.45, 7) is 5.55. The van der Waals surface area contributed by atoms with Gasteiger partial charge in [0.2, 0.25) is 0 Å². The van der Waals surface area contributed by atoms with Gasteiger partial charge in [-0.1, -0.05) is 49.5 Å².